The number of hydrogen-bond acceptors (Lipinski definition) is 3. The van der Waals surface area contributed by atoms with Gasteiger partial charge in [0.25, 0.3) is 5.91 Å². The van der Waals surface area contributed by atoms with E-state index in [9.17, 15) is 27.0 Å². The van der Waals surface area contributed by atoms with Crippen LogP contribution in [0.25, 0.3) is 0 Å². The van der Waals surface area contributed by atoms with E-state index in [-0.39, 0.29) is 51.6 Å². The second-order valence-electron chi connectivity index (χ2n) is 6.67. The summed E-state index contributed by atoms with van der Waals surface area (Å²) in [6.45, 7) is 5.30. The van der Waals surface area contributed by atoms with Crippen LogP contribution in [0.4, 0.5) is 23.7 Å². The van der Waals surface area contributed by atoms with Gasteiger partial charge < -0.3 is 15.5 Å². The molecule has 1 aromatic carbocycles. The van der Waals surface area contributed by atoms with Gasteiger partial charge in [-0.2, -0.15) is 13.2 Å². The molecule has 1 heterocycles. The van der Waals surface area contributed by atoms with E-state index in [1.165, 1.54) is 24.0 Å². The highest BCUT2D eigenvalue weighted by Gasteiger charge is 2.32. The predicted octanol–water partition coefficient (Wildman–Crippen LogP) is 4.81. The van der Waals surface area contributed by atoms with Crippen LogP contribution in [0.3, 0.4) is 0 Å². The van der Waals surface area contributed by atoms with Crippen molar-refractivity contribution >= 4 is 51.6 Å². The van der Waals surface area contributed by atoms with E-state index in [1.54, 1.807) is 0 Å². The van der Waals surface area contributed by atoms with Crippen molar-refractivity contribution in [1.82, 2.24) is 10.2 Å². The number of urea groups is 1. The number of alkyl halides is 3. The lowest BCUT2D eigenvalue weighted by Crippen LogP contribution is -2.42. The van der Waals surface area contributed by atoms with Crippen molar-refractivity contribution in [3.8, 4) is 0 Å². The Morgan fingerprint density at radius 3 is 2.41 bits per heavy atom. The number of hydrogen-bond donors (Lipinski definition) is 2. The summed E-state index contributed by atoms with van der Waals surface area (Å²) in [4.78, 5) is 26.7. The minimum atomic E-state index is -4.68. The fourth-order valence-electron chi connectivity index (χ4n) is 2.76. The van der Waals surface area contributed by atoms with Crippen molar-refractivity contribution in [1.29, 1.82) is 0 Å². The molecule has 32 heavy (non-hydrogen) atoms. The Morgan fingerprint density at radius 2 is 1.84 bits per heavy atom. The Labute approximate surface area is 195 Å². The van der Waals surface area contributed by atoms with Gasteiger partial charge in [-0.3, -0.25) is 9.00 Å². The third kappa shape index (κ3) is 6.85. The zero-order valence-corrected chi connectivity index (χ0v) is 19.2. The van der Waals surface area contributed by atoms with E-state index in [4.69, 9.17) is 23.2 Å². The normalized spacial score (nSPS) is 16.3. The van der Waals surface area contributed by atoms with Crippen LogP contribution >= 0.6 is 23.2 Å². The largest absolute Gasteiger partial charge is 0.416 e. The molecule has 1 aliphatic heterocycles. The molecule has 2 rings (SSSR count). The molecule has 0 bridgehead atoms. The molecule has 1 saturated heterocycles. The summed E-state index contributed by atoms with van der Waals surface area (Å²) in [6.07, 6.45) is -1.91. The van der Waals surface area contributed by atoms with Gasteiger partial charge in [0.05, 0.1) is 26.9 Å². The van der Waals surface area contributed by atoms with Crippen LogP contribution in [-0.2, 0) is 17.0 Å². The van der Waals surface area contributed by atoms with E-state index in [0.717, 1.165) is 12.1 Å². The lowest BCUT2D eigenvalue weighted by molar-refractivity contribution is -0.137. The summed E-state index contributed by atoms with van der Waals surface area (Å²) in [5, 5.41) is 4.74. The van der Waals surface area contributed by atoms with Gasteiger partial charge >= 0.3 is 12.2 Å². The summed E-state index contributed by atoms with van der Waals surface area (Å²) in [5.74, 6) is -0.0261. The van der Waals surface area contributed by atoms with E-state index in [0.29, 0.717) is 6.07 Å². The molecular formula is C20H20Cl2F3N3O3S. The van der Waals surface area contributed by atoms with Crippen LogP contribution in [0.1, 0.15) is 22.8 Å². The van der Waals surface area contributed by atoms with Crippen molar-refractivity contribution in [2.24, 2.45) is 0 Å². The molecule has 2 N–H and O–H groups in total. The lowest BCUT2D eigenvalue weighted by atomic mass is 10.1. The third-order valence-electron chi connectivity index (χ3n) is 4.39. The molecule has 0 radical (unpaired) electrons. The first-order chi connectivity index (χ1) is 14.9. The quantitative estimate of drug-likeness (QED) is 0.559. The Balaban J connectivity index is 2.33. The first-order valence-corrected chi connectivity index (χ1v) is 11.5. The molecule has 174 valence electrons. The molecule has 3 amide bonds. The predicted molar refractivity (Wildman–Crippen MR) is 120 cm³/mol. The van der Waals surface area contributed by atoms with Gasteiger partial charge in [0, 0.05) is 41.1 Å². The highest BCUT2D eigenvalue weighted by atomic mass is 35.5. The Kier molecular flexibility index (Phi) is 8.94. The van der Waals surface area contributed by atoms with Gasteiger partial charge in [0.1, 0.15) is 0 Å². The van der Waals surface area contributed by atoms with E-state index in [2.05, 4.69) is 17.2 Å². The van der Waals surface area contributed by atoms with Crippen LogP contribution in [0.5, 0.6) is 0 Å². The Morgan fingerprint density at radius 1 is 1.22 bits per heavy atom. The summed E-state index contributed by atoms with van der Waals surface area (Å²) >= 11 is 12.0. The smallest absolute Gasteiger partial charge is 0.337 e. The zero-order valence-electron chi connectivity index (χ0n) is 16.9. The number of carbonyl (C=O) groups is 2. The summed E-state index contributed by atoms with van der Waals surface area (Å²) < 4.78 is 51.1. The van der Waals surface area contributed by atoms with Crippen LogP contribution < -0.4 is 10.6 Å². The fraction of sp³-hybridized carbons (Fsp3) is 0.300. The molecule has 0 spiro atoms. The molecule has 12 heteroatoms. The summed E-state index contributed by atoms with van der Waals surface area (Å²) in [7, 11) is -1.04. The Hall–Kier alpha value is -2.30. The SMILES string of the molecule is C=C/C=C(Cl)\C(Cl)=C(/C)NC(=O)Nc1cc(C(F)(F)F)ccc1C(=O)N1CCS(=O)CC1. The molecule has 1 aromatic rings. The number of amides is 3. The maximum Gasteiger partial charge on any atom is 0.416 e. The maximum atomic E-state index is 13.2. The minimum absolute atomic E-state index is 0.00313. The highest BCUT2D eigenvalue weighted by molar-refractivity contribution is 7.85. The molecule has 0 saturated carbocycles. The van der Waals surface area contributed by atoms with Crippen LogP contribution in [0.2, 0.25) is 0 Å². The van der Waals surface area contributed by atoms with Crippen molar-refractivity contribution in [3.05, 3.63) is 63.8 Å². The number of halogens is 5. The average Bonchev–Trinajstić information content (AvgIpc) is 2.72. The molecule has 0 aromatic heterocycles. The molecule has 1 fully saturated rings. The topological polar surface area (TPSA) is 78.5 Å². The van der Waals surface area contributed by atoms with E-state index < -0.39 is 34.5 Å². The number of rotatable bonds is 5. The molecule has 6 nitrogen and oxygen atoms in total. The summed E-state index contributed by atoms with van der Waals surface area (Å²) in [5.41, 5.74) is -1.36. The Bertz CT molecular complexity index is 1000. The number of benzene rings is 1. The van der Waals surface area contributed by atoms with Gasteiger partial charge in [-0.25, -0.2) is 4.79 Å². The van der Waals surface area contributed by atoms with Crippen LogP contribution in [0, 0.1) is 0 Å². The van der Waals surface area contributed by atoms with Gasteiger partial charge in [-0.15, -0.1) is 0 Å². The second-order valence-corrected chi connectivity index (χ2v) is 9.15. The first kappa shape index (κ1) is 26.0. The van der Waals surface area contributed by atoms with Gasteiger partial charge in [-0.1, -0.05) is 35.9 Å². The fourth-order valence-corrected chi connectivity index (χ4v) is 4.15. The van der Waals surface area contributed by atoms with Crippen LogP contribution in [-0.4, -0.2) is 45.6 Å². The second kappa shape index (κ2) is 11.0. The molecule has 1 aliphatic rings. The monoisotopic (exact) mass is 509 g/mol. The van der Waals surface area contributed by atoms with Crippen molar-refractivity contribution in [2.75, 3.05) is 29.9 Å². The van der Waals surface area contributed by atoms with Gasteiger partial charge in [-0.05, 0) is 31.2 Å². The van der Waals surface area contributed by atoms with Crippen molar-refractivity contribution in [3.63, 3.8) is 0 Å². The van der Waals surface area contributed by atoms with E-state index >= 15 is 0 Å². The number of allylic oxidation sites excluding steroid dienone is 5. The highest BCUT2D eigenvalue weighted by Crippen LogP contribution is 2.33. The minimum Gasteiger partial charge on any atom is -0.337 e. The lowest BCUT2D eigenvalue weighted by Gasteiger charge is -2.27. The van der Waals surface area contributed by atoms with Gasteiger partial charge in [0.15, 0.2) is 0 Å². The number of nitrogens with one attached hydrogen (secondary N) is 2. The molecule has 0 aliphatic carbocycles. The zero-order chi connectivity index (χ0) is 24.1. The number of anilines is 1. The average molecular weight is 510 g/mol. The van der Waals surface area contributed by atoms with E-state index in [1.807, 2.05) is 0 Å². The molecule has 0 unspecified atom stereocenters. The number of nitrogens with zero attached hydrogens (tertiary/aromatic N) is 1. The summed E-state index contributed by atoms with van der Waals surface area (Å²) in [6, 6.07) is 1.53. The van der Waals surface area contributed by atoms with Crippen LogP contribution in [0.15, 0.2) is 52.7 Å². The first-order valence-electron chi connectivity index (χ1n) is 9.22. The third-order valence-corrected chi connectivity index (χ3v) is 6.57. The van der Waals surface area contributed by atoms with Crippen molar-refractivity contribution < 1.29 is 27.0 Å². The van der Waals surface area contributed by atoms with Gasteiger partial charge in [0.2, 0.25) is 0 Å². The molecular weight excluding hydrogens is 490 g/mol. The molecule has 0 atom stereocenters. The number of carbonyl (C=O) groups excluding carboxylic acids is 2. The standard InChI is InChI=1S/C20H20Cl2F3N3O3S/c1-3-4-15(21)17(22)12(2)26-19(30)27-16-11-13(20(23,24)25)5-6-14(16)18(29)28-7-9-32(31)10-8-28/h3-6,11H,1,7-10H2,2H3,(H2,26,27,30)/b15-4+,17-12-. The maximum absolute atomic E-state index is 13.2. The van der Waals surface area contributed by atoms with Crippen molar-refractivity contribution in [2.45, 2.75) is 13.1 Å².